The number of nitrogens with one attached hydrogen (secondary N) is 2. The van der Waals surface area contributed by atoms with Crippen LogP contribution in [0.15, 0.2) is 30.3 Å². The molecule has 1 fully saturated rings. The number of likely N-dealkylation sites (N-methyl/N-ethyl adjacent to an activating group) is 2. The Balaban J connectivity index is 1.78. The average molecular weight is 363 g/mol. The van der Waals surface area contributed by atoms with Crippen molar-refractivity contribution in [2.75, 3.05) is 33.7 Å². The minimum atomic E-state index is -0.287. The van der Waals surface area contributed by atoms with Crippen molar-refractivity contribution in [1.82, 2.24) is 20.4 Å². The maximum atomic E-state index is 12.3. The third kappa shape index (κ3) is 6.59. The summed E-state index contributed by atoms with van der Waals surface area (Å²) in [5.74, 6) is 0.343. The average Bonchev–Trinajstić information content (AvgIpc) is 2.90. The van der Waals surface area contributed by atoms with Crippen molar-refractivity contribution in [2.24, 2.45) is 5.92 Å². The van der Waals surface area contributed by atoms with E-state index in [1.54, 1.807) is 0 Å². The summed E-state index contributed by atoms with van der Waals surface area (Å²) in [7, 11) is 4.06. The van der Waals surface area contributed by atoms with Crippen LogP contribution in [0.2, 0.25) is 0 Å². The fourth-order valence-electron chi connectivity index (χ4n) is 3.44. The van der Waals surface area contributed by atoms with Gasteiger partial charge in [-0.1, -0.05) is 44.2 Å². The molecular weight excluding hydrogens is 328 g/mol. The highest BCUT2D eigenvalue weighted by atomic mass is 16.3. The number of β-amino-alcohol motifs (C(OH)–C–C–N with tert-alkyl or cyclic N) is 1. The molecule has 0 radical (unpaired) electrons. The van der Waals surface area contributed by atoms with Gasteiger partial charge in [0.15, 0.2) is 0 Å². The number of hydrogen-bond donors (Lipinski definition) is 3. The first-order valence-corrected chi connectivity index (χ1v) is 9.50. The Kier molecular flexibility index (Phi) is 7.87. The lowest BCUT2D eigenvalue weighted by Crippen LogP contribution is -2.51. The Bertz CT molecular complexity index is 552. The molecule has 1 saturated heterocycles. The van der Waals surface area contributed by atoms with Gasteiger partial charge >= 0.3 is 6.03 Å². The van der Waals surface area contributed by atoms with E-state index in [9.17, 15) is 9.90 Å². The largest absolute Gasteiger partial charge is 0.392 e. The summed E-state index contributed by atoms with van der Waals surface area (Å²) in [6.07, 6.45) is 0.425. The van der Waals surface area contributed by atoms with E-state index < -0.39 is 0 Å². The minimum absolute atomic E-state index is 0.0793. The van der Waals surface area contributed by atoms with Gasteiger partial charge in [0.05, 0.1) is 6.10 Å². The predicted molar refractivity (Wildman–Crippen MR) is 105 cm³/mol. The Morgan fingerprint density at radius 1 is 1.35 bits per heavy atom. The van der Waals surface area contributed by atoms with E-state index in [1.165, 1.54) is 5.56 Å². The summed E-state index contributed by atoms with van der Waals surface area (Å²) in [6, 6.07) is 10.5. The van der Waals surface area contributed by atoms with Crippen LogP contribution in [0.4, 0.5) is 4.79 Å². The van der Waals surface area contributed by atoms with Gasteiger partial charge in [-0.3, -0.25) is 4.90 Å². The van der Waals surface area contributed by atoms with Crippen LogP contribution in [0.1, 0.15) is 25.8 Å². The molecule has 6 heteroatoms. The molecule has 146 valence electrons. The van der Waals surface area contributed by atoms with Gasteiger partial charge in [0, 0.05) is 38.3 Å². The summed E-state index contributed by atoms with van der Waals surface area (Å²) >= 11 is 0. The van der Waals surface area contributed by atoms with Gasteiger partial charge in [-0.05, 0) is 32.0 Å². The number of carbonyl (C=O) groups excluding carboxylic acids is 1. The molecule has 2 rings (SSSR count). The van der Waals surface area contributed by atoms with Gasteiger partial charge in [-0.25, -0.2) is 4.79 Å². The molecule has 0 aliphatic carbocycles. The second-order valence-electron chi connectivity index (χ2n) is 7.87. The topological polar surface area (TPSA) is 67.8 Å². The lowest BCUT2D eigenvalue weighted by molar-refractivity contribution is 0.182. The van der Waals surface area contributed by atoms with Gasteiger partial charge in [-0.2, -0.15) is 0 Å². The van der Waals surface area contributed by atoms with Gasteiger partial charge < -0.3 is 20.6 Å². The second-order valence-corrected chi connectivity index (χ2v) is 7.87. The number of amides is 2. The Morgan fingerprint density at radius 3 is 2.62 bits per heavy atom. The number of benzene rings is 1. The van der Waals surface area contributed by atoms with Crippen LogP contribution in [0.25, 0.3) is 0 Å². The number of carbonyl (C=O) groups is 1. The highest BCUT2D eigenvalue weighted by Gasteiger charge is 2.28. The summed E-state index contributed by atoms with van der Waals surface area (Å²) in [5.41, 5.74) is 1.27. The van der Waals surface area contributed by atoms with Gasteiger partial charge in [-0.15, -0.1) is 0 Å². The van der Waals surface area contributed by atoms with Crippen LogP contribution in [0.5, 0.6) is 0 Å². The van der Waals surface area contributed by atoms with E-state index in [4.69, 9.17) is 0 Å². The van der Waals surface area contributed by atoms with Crippen LogP contribution < -0.4 is 10.6 Å². The molecule has 26 heavy (non-hydrogen) atoms. The van der Waals surface area contributed by atoms with Gasteiger partial charge in [0.2, 0.25) is 0 Å². The molecule has 3 unspecified atom stereocenters. The van der Waals surface area contributed by atoms with Crippen LogP contribution in [-0.4, -0.2) is 72.9 Å². The zero-order valence-corrected chi connectivity index (χ0v) is 16.5. The molecule has 3 atom stereocenters. The molecule has 6 nitrogen and oxygen atoms in total. The van der Waals surface area contributed by atoms with E-state index in [-0.39, 0.29) is 24.2 Å². The summed E-state index contributed by atoms with van der Waals surface area (Å²) < 4.78 is 0. The SMILES string of the molecule is CC(C)C(CN(C)Cc1ccccc1)NC(=O)NCC1CC(O)CN1C. The van der Waals surface area contributed by atoms with E-state index >= 15 is 0 Å². The van der Waals surface area contributed by atoms with E-state index in [2.05, 4.69) is 53.5 Å². The van der Waals surface area contributed by atoms with Crippen molar-refractivity contribution in [2.45, 2.75) is 45.0 Å². The summed E-state index contributed by atoms with van der Waals surface area (Å²) in [4.78, 5) is 16.7. The van der Waals surface area contributed by atoms with Crippen molar-refractivity contribution < 1.29 is 9.90 Å². The van der Waals surface area contributed by atoms with Crippen LogP contribution in [-0.2, 0) is 6.54 Å². The molecule has 1 aliphatic rings. The lowest BCUT2D eigenvalue weighted by atomic mass is 10.0. The molecule has 1 heterocycles. The molecule has 0 aromatic heterocycles. The molecule has 1 aromatic rings. The van der Waals surface area contributed by atoms with Gasteiger partial charge in [0.25, 0.3) is 0 Å². The van der Waals surface area contributed by atoms with Crippen LogP contribution in [0, 0.1) is 5.92 Å². The van der Waals surface area contributed by atoms with E-state index in [0.29, 0.717) is 25.4 Å². The smallest absolute Gasteiger partial charge is 0.315 e. The monoisotopic (exact) mass is 362 g/mol. The Labute approximate surface area is 157 Å². The predicted octanol–water partition coefficient (Wildman–Crippen LogP) is 1.51. The molecule has 0 saturated carbocycles. The first-order chi connectivity index (χ1) is 12.3. The van der Waals surface area contributed by atoms with Crippen molar-refractivity contribution in [1.29, 1.82) is 0 Å². The second kappa shape index (κ2) is 9.90. The fourth-order valence-corrected chi connectivity index (χ4v) is 3.44. The summed E-state index contributed by atoms with van der Waals surface area (Å²) in [5, 5.41) is 15.8. The molecule has 0 spiro atoms. The van der Waals surface area contributed by atoms with E-state index in [1.807, 2.05) is 25.2 Å². The molecule has 3 N–H and O–H groups in total. The highest BCUT2D eigenvalue weighted by Crippen LogP contribution is 2.14. The fraction of sp³-hybridized carbons (Fsp3) is 0.650. The number of rotatable bonds is 8. The van der Waals surface area contributed by atoms with Crippen LogP contribution >= 0.6 is 0 Å². The van der Waals surface area contributed by atoms with Crippen LogP contribution in [0.3, 0.4) is 0 Å². The number of hydrogen-bond acceptors (Lipinski definition) is 4. The normalized spacial score (nSPS) is 22.0. The molecule has 0 bridgehead atoms. The minimum Gasteiger partial charge on any atom is -0.392 e. The Hall–Kier alpha value is -1.63. The maximum absolute atomic E-state index is 12.3. The number of aliphatic hydroxyl groups excluding tert-OH is 1. The van der Waals surface area contributed by atoms with Crippen molar-refractivity contribution in [3.63, 3.8) is 0 Å². The molecular formula is C20H34N4O2. The first kappa shape index (κ1) is 20.7. The zero-order chi connectivity index (χ0) is 19.1. The van der Waals surface area contributed by atoms with Crippen molar-refractivity contribution in [3.8, 4) is 0 Å². The molecule has 1 aliphatic heterocycles. The van der Waals surface area contributed by atoms with Crippen molar-refractivity contribution in [3.05, 3.63) is 35.9 Å². The quantitative estimate of drug-likeness (QED) is 0.656. The first-order valence-electron chi connectivity index (χ1n) is 9.50. The Morgan fingerprint density at radius 2 is 2.04 bits per heavy atom. The third-order valence-corrected chi connectivity index (χ3v) is 5.09. The third-order valence-electron chi connectivity index (χ3n) is 5.09. The highest BCUT2D eigenvalue weighted by molar-refractivity contribution is 5.74. The van der Waals surface area contributed by atoms with E-state index in [0.717, 1.165) is 13.1 Å². The molecule has 2 amide bonds. The maximum Gasteiger partial charge on any atom is 0.315 e. The summed E-state index contributed by atoms with van der Waals surface area (Å²) in [6.45, 7) is 7.14. The zero-order valence-electron chi connectivity index (χ0n) is 16.5. The standard InChI is InChI=1S/C20H34N4O2/c1-15(2)19(14-23(3)12-16-8-6-5-7-9-16)22-20(26)21-11-17-10-18(25)13-24(17)4/h5-9,15,17-19,25H,10-14H2,1-4H3,(H2,21,22,26). The van der Waals surface area contributed by atoms with Gasteiger partial charge in [0.1, 0.15) is 0 Å². The number of urea groups is 1. The van der Waals surface area contributed by atoms with Crippen molar-refractivity contribution >= 4 is 6.03 Å². The molecule has 1 aromatic carbocycles. The number of aliphatic hydroxyl groups is 1. The lowest BCUT2D eigenvalue weighted by Gasteiger charge is -2.28. The number of nitrogens with zero attached hydrogens (tertiary/aromatic N) is 2. The number of likely N-dealkylation sites (tertiary alicyclic amines) is 1.